The van der Waals surface area contributed by atoms with E-state index < -0.39 is 0 Å². The lowest BCUT2D eigenvalue weighted by Crippen LogP contribution is -2.14. The molecule has 0 spiro atoms. The largest absolute Gasteiger partial charge is 0.497 e. The number of nitrogens with zero attached hydrogens (tertiary/aromatic N) is 3. The van der Waals surface area contributed by atoms with Gasteiger partial charge in [0.05, 0.1) is 12.9 Å². The molecule has 1 heterocycles. The second-order valence-electron chi connectivity index (χ2n) is 3.90. The summed E-state index contributed by atoms with van der Waals surface area (Å²) in [5, 5.41) is 3.05. The Balaban J connectivity index is 1.92. The van der Waals surface area contributed by atoms with Gasteiger partial charge in [0.1, 0.15) is 5.75 Å². The van der Waals surface area contributed by atoms with Crippen molar-refractivity contribution < 1.29 is 9.53 Å². The van der Waals surface area contributed by atoms with Gasteiger partial charge in [-0.15, -0.1) is 0 Å². The molecule has 1 amide bonds. The number of carbonyl (C=O) groups excluding carboxylic acids is 1. The van der Waals surface area contributed by atoms with Crippen LogP contribution in [0.3, 0.4) is 0 Å². The Bertz CT molecular complexity index is 631. The van der Waals surface area contributed by atoms with Crippen molar-refractivity contribution in [3.8, 4) is 5.75 Å². The van der Waals surface area contributed by atoms with Crippen LogP contribution in [0.25, 0.3) is 0 Å². The Kier molecular flexibility index (Phi) is 4.77. The van der Waals surface area contributed by atoms with Crippen LogP contribution in [0.15, 0.2) is 29.4 Å². The number of rotatable bonds is 5. The van der Waals surface area contributed by atoms with Gasteiger partial charge in [0.2, 0.25) is 17.8 Å². The average Bonchev–Trinajstić information content (AvgIpc) is 2.44. The highest BCUT2D eigenvalue weighted by Crippen LogP contribution is 2.18. The lowest BCUT2D eigenvalue weighted by Gasteiger charge is -2.06. The maximum absolute atomic E-state index is 11.8. The Hall–Kier alpha value is -2.55. The molecule has 0 bridgehead atoms. The maximum atomic E-state index is 11.8. The number of anilines is 3. The van der Waals surface area contributed by atoms with Gasteiger partial charge in [0, 0.05) is 11.8 Å². The molecule has 1 aromatic carbocycles. The normalized spacial score (nSPS) is 10.1. The standard InChI is InChI=1S/C12H14N6O2S/c1-20-8-4-2-3-7(5-8)15-9(19)6-21-12-17-10(13)16-11(14)18-12/h2-5H,6H2,1H3,(H,15,19)(H4,13,14,16,17,18). The summed E-state index contributed by atoms with van der Waals surface area (Å²) in [6.45, 7) is 0. The van der Waals surface area contributed by atoms with Crippen LogP contribution < -0.4 is 21.5 Å². The zero-order valence-electron chi connectivity index (χ0n) is 11.2. The molecule has 0 aliphatic rings. The molecule has 0 unspecified atom stereocenters. The lowest BCUT2D eigenvalue weighted by atomic mass is 10.3. The minimum Gasteiger partial charge on any atom is -0.497 e. The summed E-state index contributed by atoms with van der Waals surface area (Å²) in [4.78, 5) is 23.3. The number of hydrogen-bond acceptors (Lipinski definition) is 8. The molecular weight excluding hydrogens is 292 g/mol. The Morgan fingerprint density at radius 2 is 2.00 bits per heavy atom. The van der Waals surface area contributed by atoms with Gasteiger partial charge >= 0.3 is 0 Å². The Morgan fingerprint density at radius 1 is 1.29 bits per heavy atom. The fraction of sp³-hybridized carbons (Fsp3) is 0.167. The number of nitrogens with one attached hydrogen (secondary N) is 1. The SMILES string of the molecule is COc1cccc(NC(=O)CSc2nc(N)nc(N)n2)c1. The number of nitrogen functional groups attached to an aromatic ring is 2. The van der Waals surface area contributed by atoms with Gasteiger partial charge in [-0.2, -0.15) is 15.0 Å². The molecule has 0 saturated heterocycles. The van der Waals surface area contributed by atoms with E-state index in [-0.39, 0.29) is 23.6 Å². The highest BCUT2D eigenvalue weighted by molar-refractivity contribution is 7.99. The van der Waals surface area contributed by atoms with E-state index in [1.165, 1.54) is 0 Å². The second-order valence-corrected chi connectivity index (χ2v) is 4.85. The van der Waals surface area contributed by atoms with E-state index in [1.807, 2.05) is 0 Å². The number of amides is 1. The van der Waals surface area contributed by atoms with Crippen LogP contribution >= 0.6 is 11.8 Å². The van der Waals surface area contributed by atoms with Crippen LogP contribution in [-0.2, 0) is 4.79 Å². The van der Waals surface area contributed by atoms with Crippen LogP contribution in [0, 0.1) is 0 Å². The van der Waals surface area contributed by atoms with Crippen molar-refractivity contribution in [1.82, 2.24) is 15.0 Å². The predicted octanol–water partition coefficient (Wildman–Crippen LogP) is 0.775. The molecule has 0 radical (unpaired) electrons. The minimum atomic E-state index is -0.203. The van der Waals surface area contributed by atoms with Gasteiger partial charge in [-0.3, -0.25) is 4.79 Å². The van der Waals surface area contributed by atoms with Gasteiger partial charge < -0.3 is 21.5 Å². The minimum absolute atomic E-state index is 0.0261. The smallest absolute Gasteiger partial charge is 0.234 e. The quantitative estimate of drug-likeness (QED) is 0.691. The third-order valence-electron chi connectivity index (χ3n) is 2.34. The molecule has 21 heavy (non-hydrogen) atoms. The van der Waals surface area contributed by atoms with Crippen molar-refractivity contribution in [3.05, 3.63) is 24.3 Å². The van der Waals surface area contributed by atoms with Crippen LogP contribution in [0.2, 0.25) is 0 Å². The van der Waals surface area contributed by atoms with Crippen LogP contribution in [0.5, 0.6) is 5.75 Å². The summed E-state index contributed by atoms with van der Waals surface area (Å²) in [5.41, 5.74) is 11.6. The average molecular weight is 306 g/mol. The lowest BCUT2D eigenvalue weighted by molar-refractivity contribution is -0.113. The highest BCUT2D eigenvalue weighted by atomic mass is 32.2. The first-order valence-electron chi connectivity index (χ1n) is 5.90. The summed E-state index contributed by atoms with van der Waals surface area (Å²) in [5.74, 6) is 0.640. The molecule has 9 heteroatoms. The molecule has 0 fully saturated rings. The predicted molar refractivity (Wildman–Crippen MR) is 81.0 cm³/mol. The van der Waals surface area contributed by atoms with E-state index in [0.29, 0.717) is 16.6 Å². The number of hydrogen-bond donors (Lipinski definition) is 3. The van der Waals surface area contributed by atoms with Crippen molar-refractivity contribution in [3.63, 3.8) is 0 Å². The number of benzene rings is 1. The zero-order valence-corrected chi connectivity index (χ0v) is 12.1. The maximum Gasteiger partial charge on any atom is 0.234 e. The number of methoxy groups -OCH3 is 1. The van der Waals surface area contributed by atoms with Crippen molar-refractivity contribution in [2.45, 2.75) is 5.16 Å². The monoisotopic (exact) mass is 306 g/mol. The molecule has 0 aliphatic heterocycles. The molecule has 2 rings (SSSR count). The summed E-state index contributed by atoms with van der Waals surface area (Å²) in [7, 11) is 1.56. The number of nitrogens with two attached hydrogens (primary N) is 2. The van der Waals surface area contributed by atoms with Crippen molar-refractivity contribution in [2.24, 2.45) is 0 Å². The van der Waals surface area contributed by atoms with Gasteiger partial charge in [-0.1, -0.05) is 17.8 Å². The van der Waals surface area contributed by atoms with Gasteiger partial charge in [-0.25, -0.2) is 0 Å². The summed E-state index contributed by atoms with van der Waals surface area (Å²) in [6, 6.07) is 7.07. The van der Waals surface area contributed by atoms with Crippen LogP contribution in [0.4, 0.5) is 17.6 Å². The first-order chi connectivity index (χ1) is 10.1. The van der Waals surface area contributed by atoms with E-state index in [9.17, 15) is 4.79 Å². The molecule has 0 atom stereocenters. The van der Waals surface area contributed by atoms with Crippen molar-refractivity contribution in [2.75, 3.05) is 29.6 Å². The zero-order chi connectivity index (χ0) is 15.2. The van der Waals surface area contributed by atoms with Gasteiger partial charge in [-0.05, 0) is 12.1 Å². The Morgan fingerprint density at radius 3 is 2.67 bits per heavy atom. The van der Waals surface area contributed by atoms with Crippen LogP contribution in [-0.4, -0.2) is 33.7 Å². The fourth-order valence-corrected chi connectivity index (χ4v) is 2.13. The molecule has 1 aromatic heterocycles. The molecule has 0 saturated carbocycles. The number of carbonyl (C=O) groups is 1. The van der Waals surface area contributed by atoms with E-state index in [2.05, 4.69) is 20.3 Å². The van der Waals surface area contributed by atoms with Gasteiger partial charge in [0.15, 0.2) is 5.16 Å². The van der Waals surface area contributed by atoms with E-state index >= 15 is 0 Å². The molecular formula is C12H14N6O2S. The summed E-state index contributed by atoms with van der Waals surface area (Å²) in [6.07, 6.45) is 0. The molecule has 110 valence electrons. The molecule has 2 aromatic rings. The molecule has 5 N–H and O–H groups in total. The first-order valence-corrected chi connectivity index (χ1v) is 6.89. The van der Waals surface area contributed by atoms with Gasteiger partial charge in [0.25, 0.3) is 0 Å². The number of ether oxygens (including phenoxy) is 1. The van der Waals surface area contributed by atoms with E-state index in [1.54, 1.807) is 31.4 Å². The van der Waals surface area contributed by atoms with E-state index in [0.717, 1.165) is 11.8 Å². The third-order valence-corrected chi connectivity index (χ3v) is 3.18. The number of aromatic nitrogens is 3. The van der Waals surface area contributed by atoms with Crippen molar-refractivity contribution >= 4 is 35.3 Å². The second kappa shape index (κ2) is 6.75. The summed E-state index contributed by atoms with van der Waals surface area (Å²) >= 11 is 1.12. The Labute approximate surface area is 125 Å². The van der Waals surface area contributed by atoms with Crippen molar-refractivity contribution in [1.29, 1.82) is 0 Å². The first kappa shape index (κ1) is 14.9. The summed E-state index contributed by atoms with van der Waals surface area (Å²) < 4.78 is 5.08. The number of thioether (sulfide) groups is 1. The van der Waals surface area contributed by atoms with E-state index in [4.69, 9.17) is 16.2 Å². The van der Waals surface area contributed by atoms with Crippen LogP contribution in [0.1, 0.15) is 0 Å². The molecule has 0 aliphatic carbocycles. The molecule has 8 nitrogen and oxygen atoms in total. The highest BCUT2D eigenvalue weighted by Gasteiger charge is 2.08. The fourth-order valence-electron chi connectivity index (χ4n) is 1.48. The topological polar surface area (TPSA) is 129 Å². The third kappa shape index (κ3) is 4.49.